The highest BCUT2D eigenvalue weighted by Crippen LogP contribution is 2.31. The van der Waals surface area contributed by atoms with Crippen molar-refractivity contribution >= 4 is 28.6 Å². The predicted octanol–water partition coefficient (Wildman–Crippen LogP) is 2.49. The summed E-state index contributed by atoms with van der Waals surface area (Å²) in [4.78, 5) is 28.2. The first kappa shape index (κ1) is 20.5. The number of ether oxygens (including phenoxy) is 1. The molecule has 0 spiro atoms. The van der Waals surface area contributed by atoms with Crippen LogP contribution >= 0.6 is 11.6 Å². The zero-order valence-electron chi connectivity index (χ0n) is 17.4. The number of halogens is 2. The summed E-state index contributed by atoms with van der Waals surface area (Å²) in [6.07, 6.45) is 4.79. The van der Waals surface area contributed by atoms with Crippen LogP contribution in [0.25, 0.3) is 22.3 Å². The van der Waals surface area contributed by atoms with Gasteiger partial charge in [-0.2, -0.15) is 5.10 Å². The van der Waals surface area contributed by atoms with Crippen LogP contribution in [0.15, 0.2) is 41.7 Å². The van der Waals surface area contributed by atoms with Crippen molar-refractivity contribution in [3.63, 3.8) is 0 Å². The van der Waals surface area contributed by atoms with Crippen LogP contribution < -0.4 is 10.5 Å². The lowest BCUT2D eigenvalue weighted by Gasteiger charge is -2.32. The summed E-state index contributed by atoms with van der Waals surface area (Å²) in [5, 5.41) is 4.47. The van der Waals surface area contributed by atoms with Gasteiger partial charge in [0.15, 0.2) is 5.52 Å². The normalized spacial score (nSPS) is 16.6. The number of hydrogen-bond donors (Lipinski definition) is 0. The third-order valence-electron chi connectivity index (χ3n) is 5.39. The van der Waals surface area contributed by atoms with Crippen molar-refractivity contribution < 1.29 is 9.13 Å². The molecule has 1 aliphatic rings. The van der Waals surface area contributed by atoms with Crippen LogP contribution in [0.5, 0.6) is 0 Å². The quantitative estimate of drug-likeness (QED) is 0.468. The Balaban J connectivity index is 1.65. The van der Waals surface area contributed by atoms with Gasteiger partial charge in [0, 0.05) is 43.0 Å². The van der Waals surface area contributed by atoms with E-state index in [-0.39, 0.29) is 39.0 Å². The second kappa shape index (κ2) is 7.95. The maximum absolute atomic E-state index is 14.8. The number of hydrogen-bond acceptors (Lipinski definition) is 7. The molecule has 1 saturated heterocycles. The number of nitrogens with zero attached hydrogens (tertiary/aromatic N) is 7. The number of aryl methyl sites for hydroxylation is 2. The van der Waals surface area contributed by atoms with E-state index in [0.29, 0.717) is 25.6 Å². The van der Waals surface area contributed by atoms with E-state index < -0.39 is 5.82 Å². The lowest BCUT2D eigenvalue weighted by atomic mass is 10.1. The van der Waals surface area contributed by atoms with Gasteiger partial charge in [-0.3, -0.25) is 9.48 Å². The van der Waals surface area contributed by atoms with Crippen LogP contribution in [-0.2, 0) is 18.8 Å². The van der Waals surface area contributed by atoms with Gasteiger partial charge in [-0.1, -0.05) is 11.6 Å². The molecule has 3 aromatic heterocycles. The fourth-order valence-corrected chi connectivity index (χ4v) is 3.89. The lowest BCUT2D eigenvalue weighted by molar-refractivity contribution is 0.0392. The molecule has 9 nitrogen and oxygen atoms in total. The monoisotopic (exact) mass is 455 g/mol. The minimum absolute atomic E-state index is 0.119. The smallest absolute Gasteiger partial charge is 0.279 e. The standard InChI is InChI=1S/C21H19ClFN7O2/c1-28-11-24-18-17(14-4-3-13(22)7-15(14)23)26-21(27-19(18)20(28)31)30-5-6-32-16(10-30)12-8-25-29(2)9-12/h3-4,7-9,11,16H,5-6,10H2,1-2H3/t16-/m1/s1. The van der Waals surface area contributed by atoms with Gasteiger partial charge in [0.1, 0.15) is 23.1 Å². The van der Waals surface area contributed by atoms with Gasteiger partial charge >= 0.3 is 0 Å². The Morgan fingerprint density at radius 2 is 2.06 bits per heavy atom. The second-order valence-electron chi connectivity index (χ2n) is 7.61. The maximum atomic E-state index is 14.8. The molecule has 0 radical (unpaired) electrons. The first-order valence-corrected chi connectivity index (χ1v) is 10.3. The molecule has 0 N–H and O–H groups in total. The van der Waals surface area contributed by atoms with Crippen LogP contribution in [0.2, 0.25) is 5.02 Å². The Labute approximate surface area is 187 Å². The van der Waals surface area contributed by atoms with Crippen LogP contribution in [0.3, 0.4) is 0 Å². The van der Waals surface area contributed by atoms with Gasteiger partial charge in [-0.25, -0.2) is 19.3 Å². The van der Waals surface area contributed by atoms with E-state index in [2.05, 4.69) is 20.1 Å². The summed E-state index contributed by atoms with van der Waals surface area (Å²) in [7, 11) is 3.43. The van der Waals surface area contributed by atoms with Gasteiger partial charge < -0.3 is 14.2 Å². The predicted molar refractivity (Wildman–Crippen MR) is 117 cm³/mol. The second-order valence-corrected chi connectivity index (χ2v) is 8.04. The van der Waals surface area contributed by atoms with E-state index in [1.54, 1.807) is 24.0 Å². The molecule has 5 rings (SSSR count). The number of morpholine rings is 1. The highest BCUT2D eigenvalue weighted by Gasteiger charge is 2.27. The van der Waals surface area contributed by atoms with E-state index in [0.717, 1.165) is 5.56 Å². The molecule has 32 heavy (non-hydrogen) atoms. The summed E-state index contributed by atoms with van der Waals surface area (Å²) >= 11 is 5.93. The topological polar surface area (TPSA) is 91.0 Å². The van der Waals surface area contributed by atoms with Gasteiger partial charge in [-0.05, 0) is 18.2 Å². The molecule has 4 heterocycles. The minimum Gasteiger partial charge on any atom is -0.370 e. The number of fused-ring (bicyclic) bond motifs is 1. The Morgan fingerprint density at radius 3 is 2.81 bits per heavy atom. The first-order valence-electron chi connectivity index (χ1n) is 9.94. The molecule has 0 saturated carbocycles. The number of rotatable bonds is 3. The largest absolute Gasteiger partial charge is 0.370 e. The van der Waals surface area contributed by atoms with Gasteiger partial charge in [0.2, 0.25) is 5.95 Å². The van der Waals surface area contributed by atoms with Crippen molar-refractivity contribution in [1.29, 1.82) is 0 Å². The van der Waals surface area contributed by atoms with Crippen molar-refractivity contribution in [1.82, 2.24) is 29.3 Å². The Bertz CT molecular complexity index is 1390. The van der Waals surface area contributed by atoms with Crippen molar-refractivity contribution in [2.24, 2.45) is 14.1 Å². The Hall–Kier alpha value is -3.37. The highest BCUT2D eigenvalue weighted by atomic mass is 35.5. The van der Waals surface area contributed by atoms with Gasteiger partial charge in [-0.15, -0.1) is 0 Å². The number of aromatic nitrogens is 6. The zero-order valence-corrected chi connectivity index (χ0v) is 18.1. The maximum Gasteiger partial charge on any atom is 0.279 e. The van der Waals surface area contributed by atoms with Crippen molar-refractivity contribution in [3.05, 3.63) is 63.7 Å². The van der Waals surface area contributed by atoms with E-state index in [9.17, 15) is 9.18 Å². The van der Waals surface area contributed by atoms with Crippen LogP contribution in [0, 0.1) is 5.82 Å². The third kappa shape index (κ3) is 3.61. The molecule has 1 aromatic carbocycles. The van der Waals surface area contributed by atoms with E-state index in [1.165, 1.54) is 23.0 Å². The van der Waals surface area contributed by atoms with Crippen LogP contribution in [0.4, 0.5) is 10.3 Å². The molecule has 11 heteroatoms. The SMILES string of the molecule is Cn1cc([C@H]2CN(c3nc(-c4ccc(Cl)cc4F)c4ncn(C)c(=O)c4n3)CCO2)cn1. The molecule has 1 atom stereocenters. The Morgan fingerprint density at radius 1 is 1.22 bits per heavy atom. The van der Waals surface area contributed by atoms with Crippen molar-refractivity contribution in [3.8, 4) is 11.3 Å². The fraction of sp³-hybridized carbons (Fsp3) is 0.286. The summed E-state index contributed by atoms with van der Waals surface area (Å²) < 4.78 is 23.7. The molecule has 1 aliphatic heterocycles. The van der Waals surface area contributed by atoms with Crippen molar-refractivity contribution in [2.75, 3.05) is 24.6 Å². The molecular formula is C21H19ClFN7O2. The molecule has 164 valence electrons. The summed E-state index contributed by atoms with van der Waals surface area (Å²) in [5.41, 5.74) is 1.37. The van der Waals surface area contributed by atoms with Crippen LogP contribution in [0.1, 0.15) is 11.7 Å². The third-order valence-corrected chi connectivity index (χ3v) is 5.62. The van der Waals surface area contributed by atoms with Gasteiger partial charge in [0.05, 0.1) is 25.7 Å². The number of anilines is 1. The average molecular weight is 456 g/mol. The van der Waals surface area contributed by atoms with Crippen LogP contribution in [-0.4, -0.2) is 49.0 Å². The molecule has 0 unspecified atom stereocenters. The summed E-state index contributed by atoms with van der Waals surface area (Å²) in [6.45, 7) is 1.42. The van der Waals surface area contributed by atoms with E-state index >= 15 is 0 Å². The Kier molecular flexibility index (Phi) is 5.10. The molecule has 0 aliphatic carbocycles. The number of benzene rings is 1. The minimum atomic E-state index is -0.554. The lowest BCUT2D eigenvalue weighted by Crippen LogP contribution is -2.39. The molecule has 0 amide bonds. The fourth-order valence-electron chi connectivity index (χ4n) is 3.73. The van der Waals surface area contributed by atoms with E-state index in [1.807, 2.05) is 18.1 Å². The molecule has 0 bridgehead atoms. The van der Waals surface area contributed by atoms with E-state index in [4.69, 9.17) is 16.3 Å². The van der Waals surface area contributed by atoms with Gasteiger partial charge in [0.25, 0.3) is 5.56 Å². The summed E-state index contributed by atoms with van der Waals surface area (Å²) in [6, 6.07) is 4.31. The highest BCUT2D eigenvalue weighted by molar-refractivity contribution is 6.30. The molecule has 4 aromatic rings. The molecular weight excluding hydrogens is 437 g/mol. The first-order chi connectivity index (χ1) is 15.4. The summed E-state index contributed by atoms with van der Waals surface area (Å²) in [5.74, 6) is -0.245. The van der Waals surface area contributed by atoms with Crippen molar-refractivity contribution in [2.45, 2.75) is 6.10 Å². The molecule has 1 fully saturated rings. The zero-order chi connectivity index (χ0) is 22.4. The average Bonchev–Trinajstić information content (AvgIpc) is 3.22.